The van der Waals surface area contributed by atoms with Crippen molar-refractivity contribution in [1.82, 2.24) is 9.97 Å². The van der Waals surface area contributed by atoms with Crippen molar-refractivity contribution in [2.45, 2.75) is 25.4 Å². The van der Waals surface area contributed by atoms with Gasteiger partial charge in [0.05, 0.1) is 5.39 Å². The summed E-state index contributed by atoms with van der Waals surface area (Å²) in [5, 5.41) is 3.27. The molecular formula is C19H19N3O2S. The van der Waals surface area contributed by atoms with Crippen molar-refractivity contribution < 1.29 is 9.47 Å². The topological polar surface area (TPSA) is 47.5 Å². The fraction of sp³-hybridized carbons (Fsp3) is 0.368. The maximum Gasteiger partial charge on any atom is 0.162 e. The van der Waals surface area contributed by atoms with Gasteiger partial charge in [-0.3, -0.25) is 0 Å². The normalized spacial score (nSPS) is 20.0. The molecule has 5 rings (SSSR count). The second-order valence-electron chi connectivity index (χ2n) is 6.48. The Balaban J connectivity index is 1.56. The Bertz CT molecular complexity index is 905. The van der Waals surface area contributed by atoms with Crippen LogP contribution in [-0.2, 0) is 0 Å². The standard InChI is InChI=1S/C19H19N3O2S/c1-4-8-22(9-5-1)18-17-13(11-25-19(17)21-12-20-18)16-10-23-14-6-2-3-7-15(14)24-16/h2-3,6-7,11-12,16H,1,4-5,8-10H2/t16-/m1/s1. The fourth-order valence-electron chi connectivity index (χ4n) is 3.64. The van der Waals surface area contributed by atoms with E-state index in [2.05, 4.69) is 20.2 Å². The molecule has 5 nitrogen and oxygen atoms in total. The van der Waals surface area contributed by atoms with E-state index < -0.39 is 0 Å². The zero-order valence-electron chi connectivity index (χ0n) is 13.9. The molecule has 1 saturated heterocycles. The summed E-state index contributed by atoms with van der Waals surface area (Å²) in [6.07, 6.45) is 5.30. The van der Waals surface area contributed by atoms with E-state index in [1.165, 1.54) is 19.3 Å². The van der Waals surface area contributed by atoms with Crippen LogP contribution < -0.4 is 14.4 Å². The monoisotopic (exact) mass is 353 g/mol. The summed E-state index contributed by atoms with van der Waals surface area (Å²) in [6.45, 7) is 2.63. The molecule has 0 bridgehead atoms. The Morgan fingerprint density at radius 3 is 2.76 bits per heavy atom. The summed E-state index contributed by atoms with van der Waals surface area (Å²) in [5.41, 5.74) is 1.13. The van der Waals surface area contributed by atoms with Gasteiger partial charge in [-0.15, -0.1) is 11.3 Å². The molecule has 0 radical (unpaired) electrons. The van der Waals surface area contributed by atoms with Crippen LogP contribution in [0.1, 0.15) is 30.9 Å². The summed E-state index contributed by atoms with van der Waals surface area (Å²) < 4.78 is 12.2. The lowest BCUT2D eigenvalue weighted by Gasteiger charge is -2.30. The summed E-state index contributed by atoms with van der Waals surface area (Å²) in [7, 11) is 0. The number of nitrogens with zero attached hydrogens (tertiary/aromatic N) is 3. The SMILES string of the molecule is c1ccc2c(c1)OC[C@H](c1csc3ncnc(N4CCCCC4)c13)O2. The van der Waals surface area contributed by atoms with Gasteiger partial charge in [-0.2, -0.15) is 0 Å². The Labute approximate surface area is 150 Å². The zero-order chi connectivity index (χ0) is 16.6. The van der Waals surface area contributed by atoms with Crippen LogP contribution in [0.25, 0.3) is 10.2 Å². The molecule has 1 atom stereocenters. The van der Waals surface area contributed by atoms with E-state index in [0.717, 1.165) is 46.2 Å². The van der Waals surface area contributed by atoms with Crippen molar-refractivity contribution in [2.75, 3.05) is 24.6 Å². The quantitative estimate of drug-likeness (QED) is 0.691. The molecule has 2 aromatic heterocycles. The fourth-order valence-corrected chi connectivity index (χ4v) is 4.58. The van der Waals surface area contributed by atoms with Gasteiger partial charge in [0.25, 0.3) is 0 Å². The maximum atomic E-state index is 6.23. The number of rotatable bonds is 2. The average molecular weight is 353 g/mol. The lowest BCUT2D eigenvalue weighted by molar-refractivity contribution is 0.0925. The summed E-state index contributed by atoms with van der Waals surface area (Å²) in [4.78, 5) is 12.5. The molecule has 1 aromatic carbocycles. The molecular weight excluding hydrogens is 334 g/mol. The van der Waals surface area contributed by atoms with Crippen LogP contribution in [0.5, 0.6) is 11.5 Å². The zero-order valence-corrected chi connectivity index (χ0v) is 14.7. The highest BCUT2D eigenvalue weighted by Gasteiger charge is 2.28. The van der Waals surface area contributed by atoms with Crippen LogP contribution in [0, 0.1) is 0 Å². The van der Waals surface area contributed by atoms with E-state index in [-0.39, 0.29) is 6.10 Å². The lowest BCUT2D eigenvalue weighted by Crippen LogP contribution is -2.30. The molecule has 0 unspecified atom stereocenters. The number of piperidine rings is 1. The Morgan fingerprint density at radius 1 is 1.04 bits per heavy atom. The van der Waals surface area contributed by atoms with Gasteiger partial charge in [0, 0.05) is 24.0 Å². The molecule has 0 aliphatic carbocycles. The van der Waals surface area contributed by atoms with Crippen molar-refractivity contribution >= 4 is 27.4 Å². The number of ether oxygens (including phenoxy) is 2. The van der Waals surface area contributed by atoms with E-state index in [0.29, 0.717) is 6.61 Å². The molecule has 25 heavy (non-hydrogen) atoms. The summed E-state index contributed by atoms with van der Waals surface area (Å²) in [5.74, 6) is 2.66. The van der Waals surface area contributed by atoms with Crippen LogP contribution in [0.2, 0.25) is 0 Å². The highest BCUT2D eigenvalue weighted by atomic mass is 32.1. The highest BCUT2D eigenvalue weighted by molar-refractivity contribution is 7.17. The van der Waals surface area contributed by atoms with Gasteiger partial charge in [-0.1, -0.05) is 12.1 Å². The van der Waals surface area contributed by atoms with Crippen LogP contribution in [0.4, 0.5) is 5.82 Å². The van der Waals surface area contributed by atoms with E-state index in [4.69, 9.17) is 9.47 Å². The molecule has 1 fully saturated rings. The van der Waals surface area contributed by atoms with E-state index in [9.17, 15) is 0 Å². The van der Waals surface area contributed by atoms with E-state index >= 15 is 0 Å². The molecule has 4 heterocycles. The Morgan fingerprint density at radius 2 is 1.88 bits per heavy atom. The summed E-state index contributed by atoms with van der Waals surface area (Å²) in [6, 6.07) is 7.83. The van der Waals surface area contributed by atoms with Gasteiger partial charge >= 0.3 is 0 Å². The largest absolute Gasteiger partial charge is 0.485 e. The molecule has 0 N–H and O–H groups in total. The predicted octanol–water partition coefficient (Wildman–Crippen LogP) is 4.19. The number of benzene rings is 1. The number of para-hydroxylation sites is 2. The Kier molecular flexibility index (Phi) is 3.70. The number of hydrogen-bond donors (Lipinski definition) is 0. The first kappa shape index (κ1) is 15.0. The third-order valence-corrected chi connectivity index (χ3v) is 5.79. The molecule has 2 aliphatic heterocycles. The second kappa shape index (κ2) is 6.19. The second-order valence-corrected chi connectivity index (χ2v) is 7.34. The minimum Gasteiger partial charge on any atom is -0.485 e. The van der Waals surface area contributed by atoms with Gasteiger partial charge in [0.1, 0.15) is 23.6 Å². The minimum absolute atomic E-state index is 0.127. The summed E-state index contributed by atoms with van der Waals surface area (Å²) >= 11 is 1.65. The third-order valence-electron chi connectivity index (χ3n) is 4.89. The van der Waals surface area contributed by atoms with E-state index in [1.807, 2.05) is 24.3 Å². The third kappa shape index (κ3) is 2.61. The molecule has 0 amide bonds. The molecule has 6 heteroatoms. The maximum absolute atomic E-state index is 6.23. The predicted molar refractivity (Wildman–Crippen MR) is 98.8 cm³/mol. The Hall–Kier alpha value is -2.34. The van der Waals surface area contributed by atoms with Crippen molar-refractivity contribution in [3.05, 3.63) is 41.5 Å². The molecule has 128 valence electrons. The van der Waals surface area contributed by atoms with Crippen molar-refractivity contribution in [1.29, 1.82) is 0 Å². The average Bonchev–Trinajstić information content (AvgIpc) is 3.12. The molecule has 3 aromatic rings. The first-order valence-electron chi connectivity index (χ1n) is 8.76. The van der Waals surface area contributed by atoms with Gasteiger partial charge in [0.15, 0.2) is 17.6 Å². The number of aromatic nitrogens is 2. The van der Waals surface area contributed by atoms with Crippen molar-refractivity contribution in [2.24, 2.45) is 0 Å². The molecule has 0 spiro atoms. The minimum atomic E-state index is -0.127. The van der Waals surface area contributed by atoms with Crippen molar-refractivity contribution in [3.8, 4) is 11.5 Å². The van der Waals surface area contributed by atoms with Crippen LogP contribution in [0.3, 0.4) is 0 Å². The number of anilines is 1. The van der Waals surface area contributed by atoms with Crippen LogP contribution in [-0.4, -0.2) is 29.7 Å². The van der Waals surface area contributed by atoms with Crippen molar-refractivity contribution in [3.63, 3.8) is 0 Å². The molecule has 2 aliphatic rings. The highest BCUT2D eigenvalue weighted by Crippen LogP contribution is 2.41. The first-order chi connectivity index (χ1) is 12.4. The van der Waals surface area contributed by atoms with Gasteiger partial charge < -0.3 is 14.4 Å². The molecule has 0 saturated carbocycles. The first-order valence-corrected chi connectivity index (χ1v) is 9.63. The van der Waals surface area contributed by atoms with Crippen LogP contribution in [0.15, 0.2) is 36.0 Å². The van der Waals surface area contributed by atoms with Gasteiger partial charge in [0.2, 0.25) is 0 Å². The number of fused-ring (bicyclic) bond motifs is 2. The smallest absolute Gasteiger partial charge is 0.162 e. The lowest BCUT2D eigenvalue weighted by atomic mass is 10.1. The van der Waals surface area contributed by atoms with Crippen LogP contribution >= 0.6 is 11.3 Å². The van der Waals surface area contributed by atoms with E-state index in [1.54, 1.807) is 17.7 Å². The number of thiophene rings is 1. The van der Waals surface area contributed by atoms with Gasteiger partial charge in [-0.25, -0.2) is 9.97 Å². The number of hydrogen-bond acceptors (Lipinski definition) is 6. The van der Waals surface area contributed by atoms with Gasteiger partial charge in [-0.05, 0) is 31.4 Å².